The Morgan fingerprint density at radius 1 is 1.29 bits per heavy atom. The van der Waals surface area contributed by atoms with Crippen molar-refractivity contribution in [3.63, 3.8) is 0 Å². The lowest BCUT2D eigenvalue weighted by atomic mass is 9.98. The van der Waals surface area contributed by atoms with Gasteiger partial charge in [0.15, 0.2) is 5.78 Å². The molecule has 0 atom stereocenters. The summed E-state index contributed by atoms with van der Waals surface area (Å²) in [7, 11) is 0. The second-order valence-electron chi connectivity index (χ2n) is 4.23. The Morgan fingerprint density at radius 3 is 2.76 bits per heavy atom. The van der Waals surface area contributed by atoms with Crippen molar-refractivity contribution in [1.29, 1.82) is 0 Å². The van der Waals surface area contributed by atoms with E-state index in [9.17, 15) is 9.59 Å². The number of hydrogen-bond acceptors (Lipinski definition) is 3. The number of carbonyl (C=O) groups is 2. The normalized spacial score (nSPS) is 22.5. The Balaban J connectivity index is 2.16. The first-order chi connectivity index (χ1) is 8.16. The van der Waals surface area contributed by atoms with Crippen LogP contribution in [0.4, 0.5) is 0 Å². The van der Waals surface area contributed by atoms with E-state index in [2.05, 4.69) is 11.8 Å². The molecule has 0 N–H and O–H groups in total. The van der Waals surface area contributed by atoms with Crippen molar-refractivity contribution in [2.75, 3.05) is 6.61 Å². The average Bonchev–Trinajstić information content (AvgIpc) is 2.72. The molecule has 3 heteroatoms. The summed E-state index contributed by atoms with van der Waals surface area (Å²) in [6, 6.07) is 0. The topological polar surface area (TPSA) is 43.4 Å². The molecule has 0 amide bonds. The first-order valence-corrected chi connectivity index (χ1v) is 5.79. The summed E-state index contributed by atoms with van der Waals surface area (Å²) >= 11 is 0. The van der Waals surface area contributed by atoms with Crippen LogP contribution >= 0.6 is 0 Å². The molecule has 2 aliphatic rings. The zero-order valence-corrected chi connectivity index (χ0v) is 9.84. The largest absolute Gasteiger partial charge is 0.462 e. The van der Waals surface area contributed by atoms with Crippen LogP contribution in [-0.2, 0) is 14.3 Å². The zero-order valence-electron chi connectivity index (χ0n) is 9.84. The molecule has 0 aromatic heterocycles. The van der Waals surface area contributed by atoms with Crippen molar-refractivity contribution in [2.24, 2.45) is 0 Å². The van der Waals surface area contributed by atoms with Gasteiger partial charge in [-0.15, -0.1) is 0 Å². The summed E-state index contributed by atoms with van der Waals surface area (Å²) in [5.74, 6) is 5.81. The number of cyclic esters (lactones) is 1. The van der Waals surface area contributed by atoms with Gasteiger partial charge >= 0.3 is 5.97 Å². The van der Waals surface area contributed by atoms with Gasteiger partial charge in [0.05, 0.1) is 12.2 Å². The third kappa shape index (κ3) is 2.85. The van der Waals surface area contributed by atoms with Crippen LogP contribution in [0.25, 0.3) is 0 Å². The van der Waals surface area contributed by atoms with Gasteiger partial charge in [0.2, 0.25) is 0 Å². The van der Waals surface area contributed by atoms with E-state index in [-0.39, 0.29) is 11.8 Å². The van der Waals surface area contributed by atoms with Crippen molar-refractivity contribution in [3.05, 3.63) is 22.8 Å². The van der Waals surface area contributed by atoms with E-state index in [0.717, 1.165) is 24.0 Å². The SMILES string of the molecule is C/C(C#CC1=CC(=O)CCC1)=C1\CCOC1=O. The van der Waals surface area contributed by atoms with Crippen LogP contribution in [0.5, 0.6) is 0 Å². The quantitative estimate of drug-likeness (QED) is 0.363. The number of ether oxygens (including phenoxy) is 1. The second-order valence-corrected chi connectivity index (χ2v) is 4.23. The Bertz CT molecular complexity index is 483. The maximum atomic E-state index is 11.3. The third-order valence-corrected chi connectivity index (χ3v) is 2.90. The standard InChI is InChI=1S/C14H14O3/c1-10(13-7-8-17-14(13)16)5-6-11-3-2-4-12(15)9-11/h9H,2-4,7-8H2,1H3/b13-10-. The predicted molar refractivity (Wildman–Crippen MR) is 63.0 cm³/mol. The van der Waals surface area contributed by atoms with Crippen LogP contribution in [0, 0.1) is 11.8 Å². The molecule has 0 spiro atoms. The van der Waals surface area contributed by atoms with Crippen molar-refractivity contribution >= 4 is 11.8 Å². The van der Waals surface area contributed by atoms with Gasteiger partial charge in [-0.3, -0.25) is 4.79 Å². The fraction of sp³-hybridized carbons (Fsp3) is 0.429. The molecule has 0 saturated carbocycles. The van der Waals surface area contributed by atoms with Crippen LogP contribution in [0.2, 0.25) is 0 Å². The summed E-state index contributed by atoms with van der Waals surface area (Å²) in [6.07, 6.45) is 4.60. The highest BCUT2D eigenvalue weighted by Gasteiger charge is 2.20. The fourth-order valence-electron chi connectivity index (χ4n) is 1.92. The van der Waals surface area contributed by atoms with Crippen molar-refractivity contribution in [1.82, 2.24) is 0 Å². The van der Waals surface area contributed by atoms with E-state index in [1.54, 1.807) is 6.08 Å². The van der Waals surface area contributed by atoms with Gasteiger partial charge in [-0.25, -0.2) is 4.79 Å². The van der Waals surface area contributed by atoms with E-state index in [1.165, 1.54) is 0 Å². The molecular formula is C14H14O3. The Labute approximate surface area is 101 Å². The summed E-state index contributed by atoms with van der Waals surface area (Å²) in [5.41, 5.74) is 2.29. The van der Waals surface area contributed by atoms with Crippen LogP contribution in [0.3, 0.4) is 0 Å². The van der Waals surface area contributed by atoms with E-state index >= 15 is 0 Å². The highest BCUT2D eigenvalue weighted by Crippen LogP contribution is 2.18. The minimum absolute atomic E-state index is 0.145. The highest BCUT2D eigenvalue weighted by atomic mass is 16.5. The Kier molecular flexibility index (Phi) is 3.43. The maximum Gasteiger partial charge on any atom is 0.335 e. The number of rotatable bonds is 0. The number of ketones is 1. The lowest BCUT2D eigenvalue weighted by molar-refractivity contribution is -0.135. The molecule has 1 fully saturated rings. The molecule has 3 nitrogen and oxygen atoms in total. The molecule has 0 radical (unpaired) electrons. The minimum atomic E-state index is -0.259. The summed E-state index contributed by atoms with van der Waals surface area (Å²) in [6.45, 7) is 2.27. The van der Waals surface area contributed by atoms with Gasteiger partial charge in [-0.2, -0.15) is 0 Å². The van der Waals surface area contributed by atoms with Crippen LogP contribution in [-0.4, -0.2) is 18.4 Å². The molecule has 0 aromatic carbocycles. The highest BCUT2D eigenvalue weighted by molar-refractivity contribution is 5.93. The molecule has 1 aliphatic carbocycles. The van der Waals surface area contributed by atoms with Gasteiger partial charge in [-0.05, 0) is 25.8 Å². The van der Waals surface area contributed by atoms with Crippen LogP contribution in [0.1, 0.15) is 32.6 Å². The Morgan fingerprint density at radius 2 is 2.12 bits per heavy atom. The molecule has 0 bridgehead atoms. The molecule has 88 valence electrons. The Hall–Kier alpha value is -1.82. The fourth-order valence-corrected chi connectivity index (χ4v) is 1.92. The molecule has 0 aromatic rings. The summed E-state index contributed by atoms with van der Waals surface area (Å²) in [4.78, 5) is 22.5. The van der Waals surface area contributed by atoms with E-state index in [1.807, 2.05) is 6.92 Å². The number of hydrogen-bond donors (Lipinski definition) is 0. The number of carbonyl (C=O) groups excluding carboxylic acids is 2. The van der Waals surface area contributed by atoms with E-state index in [0.29, 0.717) is 25.0 Å². The first-order valence-electron chi connectivity index (χ1n) is 5.79. The lowest BCUT2D eigenvalue weighted by Crippen LogP contribution is -2.01. The third-order valence-electron chi connectivity index (χ3n) is 2.90. The van der Waals surface area contributed by atoms with E-state index < -0.39 is 0 Å². The van der Waals surface area contributed by atoms with Crippen molar-refractivity contribution in [2.45, 2.75) is 32.6 Å². The zero-order chi connectivity index (χ0) is 12.3. The minimum Gasteiger partial charge on any atom is -0.462 e. The lowest BCUT2D eigenvalue weighted by Gasteiger charge is -2.05. The first kappa shape index (κ1) is 11.7. The summed E-state index contributed by atoms with van der Waals surface area (Å²) in [5, 5.41) is 0. The van der Waals surface area contributed by atoms with Crippen molar-refractivity contribution < 1.29 is 14.3 Å². The van der Waals surface area contributed by atoms with Gasteiger partial charge in [0.1, 0.15) is 0 Å². The van der Waals surface area contributed by atoms with Gasteiger partial charge in [0, 0.05) is 24.0 Å². The van der Waals surface area contributed by atoms with E-state index in [4.69, 9.17) is 4.74 Å². The molecular weight excluding hydrogens is 216 g/mol. The predicted octanol–water partition coefficient (Wildman–Crippen LogP) is 1.93. The van der Waals surface area contributed by atoms with Crippen LogP contribution < -0.4 is 0 Å². The van der Waals surface area contributed by atoms with Crippen LogP contribution in [0.15, 0.2) is 22.8 Å². The summed E-state index contributed by atoms with van der Waals surface area (Å²) < 4.78 is 4.86. The van der Waals surface area contributed by atoms with Gasteiger partial charge in [-0.1, -0.05) is 11.8 Å². The smallest absolute Gasteiger partial charge is 0.335 e. The second kappa shape index (κ2) is 5.01. The molecule has 1 saturated heterocycles. The average molecular weight is 230 g/mol. The molecule has 1 aliphatic heterocycles. The van der Waals surface area contributed by atoms with Crippen molar-refractivity contribution in [3.8, 4) is 11.8 Å². The monoisotopic (exact) mass is 230 g/mol. The molecule has 1 heterocycles. The molecule has 2 rings (SSSR count). The molecule has 0 unspecified atom stereocenters. The molecule has 17 heavy (non-hydrogen) atoms. The number of esters is 1. The number of allylic oxidation sites excluding steroid dienone is 3. The van der Waals surface area contributed by atoms with Gasteiger partial charge < -0.3 is 4.74 Å². The maximum absolute atomic E-state index is 11.3. The van der Waals surface area contributed by atoms with Gasteiger partial charge in [0.25, 0.3) is 0 Å².